The number of nitrogens with one attached hydrogen (secondary N) is 1. The lowest BCUT2D eigenvalue weighted by atomic mass is 10.1. The zero-order valence-electron chi connectivity index (χ0n) is 10.8. The van der Waals surface area contributed by atoms with Crippen LogP contribution in [0.15, 0.2) is 24.3 Å². The van der Waals surface area contributed by atoms with E-state index in [0.29, 0.717) is 0 Å². The highest BCUT2D eigenvalue weighted by atomic mass is 16.4. The third-order valence-corrected chi connectivity index (χ3v) is 2.75. The van der Waals surface area contributed by atoms with Crippen molar-refractivity contribution in [3.05, 3.63) is 29.8 Å². The van der Waals surface area contributed by atoms with Crippen molar-refractivity contribution < 1.29 is 14.7 Å². The fourth-order valence-corrected chi connectivity index (χ4v) is 1.42. The Morgan fingerprint density at radius 3 is 2.33 bits per heavy atom. The van der Waals surface area contributed by atoms with Crippen molar-refractivity contribution in [2.75, 3.05) is 11.9 Å². The lowest BCUT2D eigenvalue weighted by Gasteiger charge is -2.20. The molecule has 0 saturated heterocycles. The summed E-state index contributed by atoms with van der Waals surface area (Å²) in [5.41, 5.74) is 1.91. The molecule has 0 heterocycles. The topological polar surface area (TPSA) is 69.6 Å². The largest absolute Gasteiger partial charge is 0.480 e. The molecule has 2 N–H and O–H groups in total. The number of carboxylic acid groups (broad SMARTS) is 1. The van der Waals surface area contributed by atoms with Gasteiger partial charge in [0.15, 0.2) is 0 Å². The number of amides is 2. The molecule has 0 aliphatic rings. The first-order valence-corrected chi connectivity index (χ1v) is 5.81. The highest BCUT2D eigenvalue weighted by Crippen LogP contribution is 2.14. The van der Waals surface area contributed by atoms with Gasteiger partial charge >= 0.3 is 12.0 Å². The number of rotatable bonds is 4. The van der Waals surface area contributed by atoms with Crippen molar-refractivity contribution in [1.82, 2.24) is 5.32 Å². The predicted octanol–water partition coefficient (Wildman–Crippen LogP) is 1.87. The van der Waals surface area contributed by atoms with Crippen LogP contribution in [0.1, 0.15) is 19.4 Å². The second-order valence-corrected chi connectivity index (χ2v) is 4.09. The van der Waals surface area contributed by atoms with Crippen molar-refractivity contribution in [3.8, 4) is 0 Å². The number of nitrogens with zero attached hydrogens (tertiary/aromatic N) is 1. The van der Waals surface area contributed by atoms with Crippen molar-refractivity contribution in [3.63, 3.8) is 0 Å². The Morgan fingerprint density at radius 2 is 1.89 bits per heavy atom. The van der Waals surface area contributed by atoms with E-state index in [0.717, 1.165) is 12.1 Å². The Kier molecular flexibility index (Phi) is 4.71. The fraction of sp³-hybridized carbons (Fsp3) is 0.385. The molecule has 5 nitrogen and oxygen atoms in total. The Bertz CT molecular complexity index is 428. The molecule has 0 spiro atoms. The molecule has 0 bridgehead atoms. The lowest BCUT2D eigenvalue weighted by molar-refractivity contribution is -0.138. The molecule has 0 fully saturated rings. The van der Waals surface area contributed by atoms with Crippen LogP contribution in [0.5, 0.6) is 0 Å². The minimum absolute atomic E-state index is 0.436. The molecule has 0 saturated carbocycles. The number of anilines is 1. The summed E-state index contributed by atoms with van der Waals surface area (Å²) < 4.78 is 0. The minimum Gasteiger partial charge on any atom is -0.480 e. The molecule has 18 heavy (non-hydrogen) atoms. The number of hydrogen-bond acceptors (Lipinski definition) is 2. The maximum absolute atomic E-state index is 11.8. The van der Waals surface area contributed by atoms with Gasteiger partial charge in [-0.3, -0.25) is 9.69 Å². The second kappa shape index (κ2) is 6.05. The highest BCUT2D eigenvalue weighted by molar-refractivity contribution is 5.93. The van der Waals surface area contributed by atoms with Crippen LogP contribution in [-0.4, -0.2) is 30.2 Å². The van der Waals surface area contributed by atoms with Crippen molar-refractivity contribution in [1.29, 1.82) is 0 Å². The number of aryl methyl sites for hydroxylation is 1. The number of carbonyl (C=O) groups excluding carboxylic acids is 1. The van der Waals surface area contributed by atoms with E-state index in [1.807, 2.05) is 24.3 Å². The molecule has 1 aromatic carbocycles. The molecule has 1 rings (SSSR count). The number of hydrogen-bond donors (Lipinski definition) is 2. The summed E-state index contributed by atoms with van der Waals surface area (Å²) in [5, 5.41) is 11.1. The van der Waals surface area contributed by atoms with E-state index in [2.05, 4.69) is 12.2 Å². The van der Waals surface area contributed by atoms with Gasteiger partial charge in [-0.1, -0.05) is 19.1 Å². The van der Waals surface area contributed by atoms with Gasteiger partial charge in [-0.05, 0) is 31.0 Å². The van der Waals surface area contributed by atoms with Gasteiger partial charge in [0, 0.05) is 12.7 Å². The van der Waals surface area contributed by atoms with Gasteiger partial charge in [-0.2, -0.15) is 0 Å². The zero-order valence-corrected chi connectivity index (χ0v) is 10.8. The van der Waals surface area contributed by atoms with Gasteiger partial charge in [0.1, 0.15) is 6.04 Å². The van der Waals surface area contributed by atoms with Gasteiger partial charge in [0.05, 0.1) is 0 Å². The molecule has 0 aliphatic carbocycles. The number of urea groups is 1. The third kappa shape index (κ3) is 3.48. The van der Waals surface area contributed by atoms with Gasteiger partial charge in [0.2, 0.25) is 0 Å². The standard InChI is InChI=1S/C13H18N2O3/c1-4-10-5-7-11(8-6-10)15(3)13(18)14-9(2)12(16)17/h5-9H,4H2,1-3H3,(H,14,18)(H,16,17)/t9-/m0/s1. The van der Waals surface area contributed by atoms with E-state index in [-0.39, 0.29) is 0 Å². The average molecular weight is 250 g/mol. The van der Waals surface area contributed by atoms with Crippen molar-refractivity contribution in [2.24, 2.45) is 0 Å². The second-order valence-electron chi connectivity index (χ2n) is 4.09. The highest BCUT2D eigenvalue weighted by Gasteiger charge is 2.17. The first-order valence-electron chi connectivity index (χ1n) is 5.81. The van der Waals surface area contributed by atoms with Crippen LogP contribution in [0, 0.1) is 0 Å². The molecule has 1 aromatic rings. The number of carboxylic acids is 1. The monoisotopic (exact) mass is 250 g/mol. The first-order chi connectivity index (χ1) is 8.45. The number of aliphatic carboxylic acids is 1. The molecule has 5 heteroatoms. The summed E-state index contributed by atoms with van der Waals surface area (Å²) in [7, 11) is 1.60. The molecule has 0 aliphatic heterocycles. The smallest absolute Gasteiger partial charge is 0.325 e. The van der Waals surface area contributed by atoms with Crippen LogP contribution in [0.2, 0.25) is 0 Å². The molecule has 2 amide bonds. The SMILES string of the molecule is CCc1ccc(N(C)C(=O)N[C@@H](C)C(=O)O)cc1. The average Bonchev–Trinajstić information content (AvgIpc) is 2.37. The van der Waals surface area contributed by atoms with E-state index >= 15 is 0 Å². The van der Waals surface area contributed by atoms with Gasteiger partial charge < -0.3 is 10.4 Å². The summed E-state index contributed by atoms with van der Waals surface area (Å²) in [5.74, 6) is -1.06. The summed E-state index contributed by atoms with van der Waals surface area (Å²) in [6.07, 6.45) is 0.937. The van der Waals surface area contributed by atoms with Crippen LogP contribution in [0.25, 0.3) is 0 Å². The molecule has 0 radical (unpaired) electrons. The Morgan fingerprint density at radius 1 is 1.33 bits per heavy atom. The molecule has 0 aromatic heterocycles. The van der Waals surface area contributed by atoms with E-state index < -0.39 is 18.0 Å². The maximum Gasteiger partial charge on any atom is 0.325 e. The van der Waals surface area contributed by atoms with Crippen LogP contribution in [0.4, 0.5) is 10.5 Å². The normalized spacial score (nSPS) is 11.7. The van der Waals surface area contributed by atoms with Crippen LogP contribution in [0.3, 0.4) is 0 Å². The summed E-state index contributed by atoms with van der Waals surface area (Å²) in [4.78, 5) is 23.8. The molecule has 0 unspecified atom stereocenters. The lowest BCUT2D eigenvalue weighted by Crippen LogP contribution is -2.45. The van der Waals surface area contributed by atoms with Gasteiger partial charge in [0.25, 0.3) is 0 Å². The minimum atomic E-state index is -1.06. The fourth-order valence-electron chi connectivity index (χ4n) is 1.42. The zero-order chi connectivity index (χ0) is 13.7. The van der Waals surface area contributed by atoms with Crippen LogP contribution < -0.4 is 10.2 Å². The quantitative estimate of drug-likeness (QED) is 0.857. The molecule has 1 atom stereocenters. The molecule has 98 valence electrons. The van der Waals surface area contributed by atoms with Gasteiger partial charge in [-0.15, -0.1) is 0 Å². The Labute approximate surface area is 106 Å². The predicted molar refractivity (Wildman–Crippen MR) is 69.9 cm³/mol. The first kappa shape index (κ1) is 14.0. The summed E-state index contributed by atoms with van der Waals surface area (Å²) >= 11 is 0. The van der Waals surface area contributed by atoms with Crippen molar-refractivity contribution >= 4 is 17.7 Å². The molecular weight excluding hydrogens is 232 g/mol. The Balaban J connectivity index is 2.70. The number of benzene rings is 1. The maximum atomic E-state index is 11.8. The van der Waals surface area contributed by atoms with E-state index in [9.17, 15) is 9.59 Å². The summed E-state index contributed by atoms with van der Waals surface area (Å²) in [6, 6.07) is 6.22. The number of carbonyl (C=O) groups is 2. The van der Waals surface area contributed by atoms with E-state index in [1.54, 1.807) is 7.05 Å². The van der Waals surface area contributed by atoms with Crippen molar-refractivity contribution in [2.45, 2.75) is 26.3 Å². The summed E-state index contributed by atoms with van der Waals surface area (Å²) in [6.45, 7) is 3.48. The van der Waals surface area contributed by atoms with Crippen LogP contribution >= 0.6 is 0 Å². The van der Waals surface area contributed by atoms with E-state index in [1.165, 1.54) is 17.4 Å². The van der Waals surface area contributed by atoms with E-state index in [4.69, 9.17) is 5.11 Å². The third-order valence-electron chi connectivity index (χ3n) is 2.75. The molecular formula is C13H18N2O3. The Hall–Kier alpha value is -2.04. The van der Waals surface area contributed by atoms with Gasteiger partial charge in [-0.25, -0.2) is 4.79 Å². The van der Waals surface area contributed by atoms with Crippen LogP contribution in [-0.2, 0) is 11.2 Å².